The number of thioether (sulfide) groups is 1. The van der Waals surface area contributed by atoms with Gasteiger partial charge in [0, 0.05) is 11.3 Å². The number of thiazole rings is 1. The number of ketones is 1. The molecule has 0 saturated heterocycles. The fraction of sp³-hybridized carbons (Fsp3) is 0.211. The molecule has 0 saturated carbocycles. The summed E-state index contributed by atoms with van der Waals surface area (Å²) in [7, 11) is 0. The summed E-state index contributed by atoms with van der Waals surface area (Å²) in [5.41, 5.74) is 1.71. The van der Waals surface area contributed by atoms with Gasteiger partial charge in [-0.25, -0.2) is 0 Å². The first-order valence-electron chi connectivity index (χ1n) is 8.39. The first-order valence-corrected chi connectivity index (χ1v) is 10.2. The summed E-state index contributed by atoms with van der Waals surface area (Å²) in [4.78, 5) is 12.1. The Kier molecular flexibility index (Phi) is 5.11. The lowest BCUT2D eigenvalue weighted by Crippen LogP contribution is -2.20. The normalized spacial score (nSPS) is 12.5. The summed E-state index contributed by atoms with van der Waals surface area (Å²) in [5, 5.41) is 19.4. The number of hydrogen-bond donors (Lipinski definition) is 1. The van der Waals surface area contributed by atoms with Gasteiger partial charge < -0.3 is 9.84 Å². The molecule has 0 fully saturated rings. The Morgan fingerprint density at radius 2 is 2.00 bits per heavy atom. The predicted octanol–water partition coefficient (Wildman–Crippen LogP) is 3.68. The molecule has 0 bridgehead atoms. The van der Waals surface area contributed by atoms with Crippen LogP contribution in [0.2, 0.25) is 0 Å². The highest BCUT2D eigenvalue weighted by molar-refractivity contribution is 7.99. The molecule has 1 unspecified atom stereocenters. The van der Waals surface area contributed by atoms with E-state index in [1.165, 1.54) is 18.7 Å². The van der Waals surface area contributed by atoms with Crippen molar-refractivity contribution in [2.75, 3.05) is 12.4 Å². The quantitative estimate of drug-likeness (QED) is 0.377. The van der Waals surface area contributed by atoms with Crippen LogP contribution in [0.1, 0.15) is 17.3 Å². The van der Waals surface area contributed by atoms with Crippen LogP contribution >= 0.6 is 23.1 Å². The lowest BCUT2D eigenvalue weighted by molar-refractivity contribution is 0.101. The third kappa shape index (κ3) is 3.83. The van der Waals surface area contributed by atoms with Gasteiger partial charge in [-0.2, -0.15) is 0 Å². The van der Waals surface area contributed by atoms with Gasteiger partial charge in [0.2, 0.25) is 4.96 Å². The molecule has 2 aromatic carbocycles. The van der Waals surface area contributed by atoms with E-state index in [0.717, 1.165) is 20.3 Å². The Bertz CT molecular complexity index is 1090. The van der Waals surface area contributed by atoms with Crippen molar-refractivity contribution in [2.45, 2.75) is 18.2 Å². The minimum atomic E-state index is -0.653. The maximum Gasteiger partial charge on any atom is 0.217 e. The number of Topliss-reactive ketones (excluding diaryl/α,β-unsaturated/α-hetero) is 1. The van der Waals surface area contributed by atoms with Crippen LogP contribution in [0.5, 0.6) is 5.75 Å². The van der Waals surface area contributed by atoms with Crippen LogP contribution in [0, 0.1) is 0 Å². The van der Waals surface area contributed by atoms with E-state index in [-0.39, 0.29) is 12.4 Å². The average molecular weight is 399 g/mol. The average Bonchev–Trinajstić information content (AvgIpc) is 3.24. The summed E-state index contributed by atoms with van der Waals surface area (Å²) in [5.74, 6) is 1.08. The standard InChI is InChI=1S/C19H17N3O3S2/c1-12(23)13-6-8-15(9-7-13)25-10-14(24)11-26-18-20-21-19-22(18)16-4-2-3-5-17(16)27-19/h2-9,14,24H,10-11H2,1H3. The molecule has 0 aliphatic carbocycles. The molecule has 1 atom stereocenters. The van der Waals surface area contributed by atoms with Crippen LogP contribution in [0.3, 0.4) is 0 Å². The zero-order valence-corrected chi connectivity index (χ0v) is 16.2. The number of aliphatic hydroxyl groups excluding tert-OH is 1. The molecule has 0 aliphatic heterocycles. The summed E-state index contributed by atoms with van der Waals surface area (Å²) in [6.45, 7) is 1.69. The van der Waals surface area contributed by atoms with E-state index in [0.29, 0.717) is 17.1 Å². The van der Waals surface area contributed by atoms with Crippen LogP contribution in [0.15, 0.2) is 53.7 Å². The SMILES string of the molecule is CC(=O)c1ccc(OCC(O)CSc2nnc3sc4ccccc4n23)cc1. The van der Waals surface area contributed by atoms with E-state index in [4.69, 9.17) is 4.74 Å². The minimum Gasteiger partial charge on any atom is -0.491 e. The Balaban J connectivity index is 1.37. The van der Waals surface area contributed by atoms with Gasteiger partial charge in [-0.05, 0) is 43.3 Å². The molecule has 6 nitrogen and oxygen atoms in total. The van der Waals surface area contributed by atoms with Gasteiger partial charge >= 0.3 is 0 Å². The van der Waals surface area contributed by atoms with Gasteiger partial charge in [-0.3, -0.25) is 9.20 Å². The molecule has 2 heterocycles. The highest BCUT2D eigenvalue weighted by atomic mass is 32.2. The van der Waals surface area contributed by atoms with Crippen molar-refractivity contribution >= 4 is 44.1 Å². The van der Waals surface area contributed by atoms with E-state index in [1.54, 1.807) is 35.6 Å². The highest BCUT2D eigenvalue weighted by Gasteiger charge is 2.14. The van der Waals surface area contributed by atoms with E-state index >= 15 is 0 Å². The topological polar surface area (TPSA) is 76.7 Å². The summed E-state index contributed by atoms with van der Waals surface area (Å²) < 4.78 is 8.77. The van der Waals surface area contributed by atoms with Crippen LogP contribution in [0.25, 0.3) is 15.2 Å². The number of carbonyl (C=O) groups excluding carboxylic acids is 1. The van der Waals surface area contributed by atoms with Crippen molar-refractivity contribution in [1.82, 2.24) is 14.6 Å². The number of hydrogen-bond acceptors (Lipinski definition) is 7. The van der Waals surface area contributed by atoms with Gasteiger partial charge in [0.05, 0.1) is 16.3 Å². The second kappa shape index (κ2) is 7.67. The Labute approximate surface area is 163 Å². The molecular weight excluding hydrogens is 382 g/mol. The zero-order valence-electron chi connectivity index (χ0n) is 14.5. The summed E-state index contributed by atoms with van der Waals surface area (Å²) >= 11 is 3.04. The Morgan fingerprint density at radius 1 is 1.22 bits per heavy atom. The first kappa shape index (κ1) is 18.0. The van der Waals surface area contributed by atoms with Crippen molar-refractivity contribution in [3.8, 4) is 5.75 Å². The third-order valence-electron chi connectivity index (χ3n) is 4.02. The largest absolute Gasteiger partial charge is 0.491 e. The van der Waals surface area contributed by atoms with Gasteiger partial charge in [0.25, 0.3) is 0 Å². The van der Waals surface area contributed by atoms with Crippen molar-refractivity contribution in [1.29, 1.82) is 0 Å². The smallest absolute Gasteiger partial charge is 0.217 e. The van der Waals surface area contributed by atoms with Gasteiger partial charge in [0.1, 0.15) is 12.4 Å². The van der Waals surface area contributed by atoms with Crippen LogP contribution in [0.4, 0.5) is 0 Å². The first-order chi connectivity index (χ1) is 13.1. The number of nitrogens with zero attached hydrogens (tertiary/aromatic N) is 3. The number of rotatable bonds is 7. The van der Waals surface area contributed by atoms with Gasteiger partial charge in [-0.1, -0.05) is 35.2 Å². The number of ether oxygens (including phenoxy) is 1. The van der Waals surface area contributed by atoms with E-state index < -0.39 is 6.10 Å². The lowest BCUT2D eigenvalue weighted by Gasteiger charge is -2.11. The Hall–Kier alpha value is -2.42. The maximum atomic E-state index is 11.3. The number of carbonyl (C=O) groups is 1. The summed E-state index contributed by atoms with van der Waals surface area (Å²) in [6, 6.07) is 15.0. The van der Waals surface area contributed by atoms with Crippen LogP contribution < -0.4 is 4.74 Å². The van der Waals surface area contributed by atoms with Gasteiger partial charge in [-0.15, -0.1) is 10.2 Å². The van der Waals surface area contributed by atoms with Crippen LogP contribution in [-0.4, -0.2) is 44.0 Å². The zero-order chi connectivity index (χ0) is 18.8. The molecule has 0 aliphatic rings. The van der Waals surface area contributed by atoms with E-state index in [9.17, 15) is 9.90 Å². The van der Waals surface area contributed by atoms with E-state index in [1.807, 2.05) is 22.6 Å². The number of aromatic nitrogens is 3. The molecule has 4 rings (SSSR count). The molecule has 8 heteroatoms. The monoisotopic (exact) mass is 399 g/mol. The molecule has 27 heavy (non-hydrogen) atoms. The van der Waals surface area contributed by atoms with Crippen LogP contribution in [-0.2, 0) is 0 Å². The fourth-order valence-electron chi connectivity index (χ4n) is 2.65. The van der Waals surface area contributed by atoms with Crippen molar-refractivity contribution < 1.29 is 14.6 Å². The van der Waals surface area contributed by atoms with Crippen molar-refractivity contribution in [3.63, 3.8) is 0 Å². The number of benzene rings is 2. The molecule has 138 valence electrons. The lowest BCUT2D eigenvalue weighted by atomic mass is 10.1. The summed E-state index contributed by atoms with van der Waals surface area (Å²) in [6.07, 6.45) is -0.653. The molecule has 2 aromatic heterocycles. The number of aliphatic hydroxyl groups is 1. The molecule has 4 aromatic rings. The Morgan fingerprint density at radius 3 is 2.78 bits per heavy atom. The maximum absolute atomic E-state index is 11.3. The number of para-hydroxylation sites is 1. The van der Waals surface area contributed by atoms with Gasteiger partial charge in [0.15, 0.2) is 10.9 Å². The van der Waals surface area contributed by atoms with Crippen molar-refractivity contribution in [3.05, 3.63) is 54.1 Å². The third-order valence-corrected chi connectivity index (χ3v) is 6.10. The predicted molar refractivity (Wildman–Crippen MR) is 107 cm³/mol. The molecule has 1 N–H and O–H groups in total. The second-order valence-electron chi connectivity index (χ2n) is 6.03. The second-order valence-corrected chi connectivity index (χ2v) is 8.02. The number of fused-ring (bicyclic) bond motifs is 3. The molecule has 0 spiro atoms. The molecule has 0 amide bonds. The highest BCUT2D eigenvalue weighted by Crippen LogP contribution is 2.29. The minimum absolute atomic E-state index is 0.0126. The fourth-order valence-corrected chi connectivity index (χ4v) is 4.52. The molecule has 0 radical (unpaired) electrons. The van der Waals surface area contributed by atoms with E-state index in [2.05, 4.69) is 16.3 Å². The molecular formula is C19H17N3O3S2. The van der Waals surface area contributed by atoms with Crippen molar-refractivity contribution in [2.24, 2.45) is 0 Å².